The first-order chi connectivity index (χ1) is 10.5. The topological polar surface area (TPSA) is 78.5 Å². The summed E-state index contributed by atoms with van der Waals surface area (Å²) in [5.74, 6) is 0.191. The molecule has 7 heteroatoms. The number of benzene rings is 1. The quantitative estimate of drug-likeness (QED) is 0.885. The minimum Gasteiger partial charge on any atom is -0.370 e. The van der Waals surface area contributed by atoms with Gasteiger partial charge >= 0.3 is 6.03 Å². The number of carbonyl (C=O) groups is 1. The predicted molar refractivity (Wildman–Crippen MR) is 87.1 cm³/mol. The summed E-state index contributed by atoms with van der Waals surface area (Å²) in [6, 6.07) is 7.09. The van der Waals surface area contributed by atoms with Gasteiger partial charge < -0.3 is 15.5 Å². The highest BCUT2D eigenvalue weighted by Gasteiger charge is 2.29. The first kappa shape index (κ1) is 15.1. The van der Waals surface area contributed by atoms with Gasteiger partial charge in [-0.25, -0.2) is 13.2 Å². The predicted octanol–water partition coefficient (Wildman–Crippen LogP) is 1.60. The van der Waals surface area contributed by atoms with E-state index in [1.807, 2.05) is 24.3 Å². The molecular weight excluding hydrogens is 302 g/mol. The summed E-state index contributed by atoms with van der Waals surface area (Å²) in [5, 5.41) is 5.61. The van der Waals surface area contributed by atoms with Crippen molar-refractivity contribution in [3.05, 3.63) is 24.3 Å². The monoisotopic (exact) mass is 323 g/mol. The molecule has 0 aromatic heterocycles. The molecule has 1 aromatic carbocycles. The smallest absolute Gasteiger partial charge is 0.319 e. The summed E-state index contributed by atoms with van der Waals surface area (Å²) >= 11 is 0. The number of sulfone groups is 1. The molecule has 2 aliphatic rings. The third-order valence-electron chi connectivity index (χ3n) is 4.17. The molecule has 3 rings (SSSR count). The summed E-state index contributed by atoms with van der Waals surface area (Å²) in [4.78, 5) is 14.4. The van der Waals surface area contributed by atoms with E-state index in [9.17, 15) is 13.2 Å². The van der Waals surface area contributed by atoms with Gasteiger partial charge in [-0.1, -0.05) is 12.1 Å². The van der Waals surface area contributed by atoms with E-state index in [-0.39, 0.29) is 23.6 Å². The summed E-state index contributed by atoms with van der Waals surface area (Å²) in [6.45, 7) is 2.00. The highest BCUT2D eigenvalue weighted by atomic mass is 32.2. The van der Waals surface area contributed by atoms with Gasteiger partial charge in [0.1, 0.15) is 0 Å². The largest absolute Gasteiger partial charge is 0.370 e. The van der Waals surface area contributed by atoms with Crippen LogP contribution >= 0.6 is 0 Å². The van der Waals surface area contributed by atoms with Crippen molar-refractivity contribution in [2.45, 2.75) is 25.3 Å². The molecule has 2 heterocycles. The Morgan fingerprint density at radius 2 is 1.91 bits per heavy atom. The molecule has 0 bridgehead atoms. The van der Waals surface area contributed by atoms with Gasteiger partial charge in [0.25, 0.3) is 0 Å². The second-order valence-electron chi connectivity index (χ2n) is 5.91. The number of rotatable bonds is 3. The van der Waals surface area contributed by atoms with Gasteiger partial charge in [0.2, 0.25) is 0 Å². The van der Waals surface area contributed by atoms with Gasteiger partial charge in [-0.05, 0) is 31.4 Å². The average molecular weight is 323 g/mol. The number of hydrogen-bond acceptors (Lipinski definition) is 4. The van der Waals surface area contributed by atoms with Gasteiger partial charge in [0.05, 0.1) is 22.9 Å². The molecule has 120 valence electrons. The maximum atomic E-state index is 12.1. The number of hydrogen-bond donors (Lipinski definition) is 2. The molecular formula is C15H21N3O3S. The molecule has 2 saturated heterocycles. The van der Waals surface area contributed by atoms with Crippen molar-refractivity contribution in [2.24, 2.45) is 0 Å². The van der Waals surface area contributed by atoms with E-state index in [0.717, 1.165) is 24.5 Å². The van der Waals surface area contributed by atoms with Gasteiger partial charge in [-0.3, -0.25) is 0 Å². The van der Waals surface area contributed by atoms with Crippen molar-refractivity contribution >= 4 is 27.2 Å². The minimum absolute atomic E-state index is 0.0359. The van der Waals surface area contributed by atoms with Gasteiger partial charge in [0.15, 0.2) is 9.84 Å². The summed E-state index contributed by atoms with van der Waals surface area (Å²) in [7, 11) is -2.99. The molecule has 0 unspecified atom stereocenters. The van der Waals surface area contributed by atoms with Crippen LogP contribution in [0.5, 0.6) is 0 Å². The lowest BCUT2D eigenvalue weighted by atomic mass is 10.2. The third-order valence-corrected chi connectivity index (χ3v) is 5.93. The Morgan fingerprint density at radius 3 is 2.59 bits per heavy atom. The lowest BCUT2D eigenvalue weighted by Gasteiger charge is -2.22. The van der Waals surface area contributed by atoms with E-state index in [0.29, 0.717) is 6.42 Å². The lowest BCUT2D eigenvalue weighted by molar-refractivity contribution is 0.249. The maximum absolute atomic E-state index is 12.1. The Kier molecular flexibility index (Phi) is 4.24. The average Bonchev–Trinajstić information content (AvgIpc) is 3.09. The molecule has 0 aliphatic carbocycles. The van der Waals surface area contributed by atoms with Crippen molar-refractivity contribution in [3.63, 3.8) is 0 Å². The number of nitrogens with zero attached hydrogens (tertiary/aromatic N) is 1. The van der Waals surface area contributed by atoms with E-state index in [2.05, 4.69) is 15.5 Å². The number of urea groups is 1. The van der Waals surface area contributed by atoms with Crippen LogP contribution in [0.1, 0.15) is 19.3 Å². The van der Waals surface area contributed by atoms with Crippen LogP contribution in [0.15, 0.2) is 24.3 Å². The Balaban J connectivity index is 1.64. The van der Waals surface area contributed by atoms with Crippen LogP contribution in [-0.2, 0) is 9.84 Å². The van der Waals surface area contributed by atoms with Crippen LogP contribution in [0.3, 0.4) is 0 Å². The molecule has 2 N–H and O–H groups in total. The molecule has 2 fully saturated rings. The zero-order valence-corrected chi connectivity index (χ0v) is 13.2. The fraction of sp³-hybridized carbons (Fsp3) is 0.533. The SMILES string of the molecule is O=C(Nc1ccccc1N1CCCC1)N[C@@H]1CCS(=O)(=O)C1. The number of carbonyl (C=O) groups excluding carboxylic acids is 1. The Morgan fingerprint density at radius 1 is 1.18 bits per heavy atom. The molecule has 0 spiro atoms. The number of nitrogens with one attached hydrogen (secondary N) is 2. The molecule has 1 aromatic rings. The maximum Gasteiger partial charge on any atom is 0.319 e. The molecule has 2 aliphatic heterocycles. The van der Waals surface area contributed by atoms with Crippen molar-refractivity contribution in [1.29, 1.82) is 0 Å². The van der Waals surface area contributed by atoms with Crippen molar-refractivity contribution in [1.82, 2.24) is 5.32 Å². The number of anilines is 2. The second kappa shape index (κ2) is 6.16. The molecule has 0 radical (unpaired) electrons. The van der Waals surface area contributed by atoms with E-state index < -0.39 is 9.84 Å². The summed E-state index contributed by atoms with van der Waals surface area (Å²) in [6.07, 6.45) is 2.82. The van der Waals surface area contributed by atoms with Crippen LogP contribution in [0, 0.1) is 0 Å². The first-order valence-corrected chi connectivity index (χ1v) is 9.47. The number of amides is 2. The fourth-order valence-electron chi connectivity index (χ4n) is 3.07. The van der Waals surface area contributed by atoms with E-state index in [4.69, 9.17) is 0 Å². The Bertz CT molecular complexity index is 654. The molecule has 2 amide bonds. The lowest BCUT2D eigenvalue weighted by Crippen LogP contribution is -2.38. The fourth-order valence-corrected chi connectivity index (χ4v) is 4.74. The van der Waals surface area contributed by atoms with Crippen LogP contribution in [-0.4, -0.2) is 45.1 Å². The van der Waals surface area contributed by atoms with Crippen LogP contribution < -0.4 is 15.5 Å². The normalized spacial score (nSPS) is 23.5. The highest BCUT2D eigenvalue weighted by Crippen LogP contribution is 2.28. The van der Waals surface area contributed by atoms with Crippen LogP contribution in [0.4, 0.5) is 16.2 Å². The summed E-state index contributed by atoms with van der Waals surface area (Å²) < 4.78 is 22.9. The Labute approximate surface area is 130 Å². The van der Waals surface area contributed by atoms with Crippen molar-refractivity contribution in [3.8, 4) is 0 Å². The second-order valence-corrected chi connectivity index (χ2v) is 8.14. The molecule has 1 atom stereocenters. The molecule has 6 nitrogen and oxygen atoms in total. The van der Waals surface area contributed by atoms with Crippen molar-refractivity contribution in [2.75, 3.05) is 34.8 Å². The minimum atomic E-state index is -2.99. The molecule has 22 heavy (non-hydrogen) atoms. The van der Waals surface area contributed by atoms with E-state index in [1.54, 1.807) is 0 Å². The van der Waals surface area contributed by atoms with Gasteiger partial charge in [-0.2, -0.15) is 0 Å². The first-order valence-electron chi connectivity index (χ1n) is 7.65. The van der Waals surface area contributed by atoms with E-state index >= 15 is 0 Å². The summed E-state index contributed by atoms with van der Waals surface area (Å²) in [5.41, 5.74) is 1.79. The third kappa shape index (κ3) is 3.52. The van der Waals surface area contributed by atoms with Crippen LogP contribution in [0.2, 0.25) is 0 Å². The van der Waals surface area contributed by atoms with Crippen LogP contribution in [0.25, 0.3) is 0 Å². The number of para-hydroxylation sites is 2. The zero-order chi connectivity index (χ0) is 15.6. The van der Waals surface area contributed by atoms with E-state index in [1.165, 1.54) is 12.8 Å². The highest BCUT2D eigenvalue weighted by molar-refractivity contribution is 7.91. The zero-order valence-electron chi connectivity index (χ0n) is 12.4. The van der Waals surface area contributed by atoms with Crippen molar-refractivity contribution < 1.29 is 13.2 Å². The van der Waals surface area contributed by atoms with Gasteiger partial charge in [0, 0.05) is 19.1 Å². The standard InChI is InChI=1S/C15H21N3O3S/c19-15(16-12-7-10-22(20,21)11-12)17-13-5-1-2-6-14(13)18-8-3-4-9-18/h1-2,5-6,12H,3-4,7-11H2,(H2,16,17,19)/t12-/m1/s1. The molecule has 0 saturated carbocycles. The van der Waals surface area contributed by atoms with Gasteiger partial charge in [-0.15, -0.1) is 0 Å². The Hall–Kier alpha value is -1.76.